The van der Waals surface area contributed by atoms with E-state index >= 15 is 0 Å². The SMILES string of the molecule is OCC1(NCC2Cc3ccccc32)CCOCC1. The topological polar surface area (TPSA) is 41.5 Å². The van der Waals surface area contributed by atoms with Crippen molar-refractivity contribution in [3.05, 3.63) is 35.4 Å². The van der Waals surface area contributed by atoms with Crippen LogP contribution in [0.25, 0.3) is 0 Å². The van der Waals surface area contributed by atoms with E-state index in [0.29, 0.717) is 5.92 Å². The van der Waals surface area contributed by atoms with Crippen LogP contribution < -0.4 is 5.32 Å². The lowest BCUT2D eigenvalue weighted by molar-refractivity contribution is 0.0112. The van der Waals surface area contributed by atoms with Crippen LogP contribution in [0.4, 0.5) is 0 Å². The minimum Gasteiger partial charge on any atom is -0.394 e. The summed E-state index contributed by atoms with van der Waals surface area (Å²) in [6, 6.07) is 8.65. The Kier molecular flexibility index (Phi) is 3.37. The molecule has 1 unspecified atom stereocenters. The summed E-state index contributed by atoms with van der Waals surface area (Å²) in [6.07, 6.45) is 3.00. The van der Waals surface area contributed by atoms with Gasteiger partial charge in [-0.15, -0.1) is 0 Å². The average Bonchev–Trinajstić information content (AvgIpc) is 2.41. The fourth-order valence-corrected chi connectivity index (χ4v) is 3.04. The van der Waals surface area contributed by atoms with Crippen LogP contribution in [-0.4, -0.2) is 37.0 Å². The molecule has 1 heterocycles. The molecule has 1 atom stereocenters. The van der Waals surface area contributed by atoms with Crippen molar-refractivity contribution in [2.75, 3.05) is 26.4 Å². The lowest BCUT2D eigenvalue weighted by atomic mass is 9.77. The maximum atomic E-state index is 9.62. The molecule has 98 valence electrons. The third-order valence-electron chi connectivity index (χ3n) is 4.44. The van der Waals surface area contributed by atoms with Gasteiger partial charge in [-0.2, -0.15) is 0 Å². The van der Waals surface area contributed by atoms with Crippen molar-refractivity contribution in [2.45, 2.75) is 30.7 Å². The molecule has 2 aliphatic rings. The molecule has 0 bridgehead atoms. The van der Waals surface area contributed by atoms with E-state index in [1.807, 2.05) is 0 Å². The summed E-state index contributed by atoms with van der Waals surface area (Å²) in [5, 5.41) is 13.2. The first-order valence-corrected chi connectivity index (χ1v) is 6.84. The van der Waals surface area contributed by atoms with Crippen LogP contribution in [0.3, 0.4) is 0 Å². The second-order valence-electron chi connectivity index (χ2n) is 5.53. The number of hydrogen-bond donors (Lipinski definition) is 2. The molecule has 3 nitrogen and oxygen atoms in total. The molecule has 0 aromatic heterocycles. The Bertz CT molecular complexity index is 413. The Morgan fingerprint density at radius 1 is 1.28 bits per heavy atom. The Hall–Kier alpha value is -0.900. The highest BCUT2D eigenvalue weighted by Crippen LogP contribution is 2.34. The lowest BCUT2D eigenvalue weighted by Gasteiger charge is -2.39. The molecule has 1 saturated heterocycles. The van der Waals surface area contributed by atoms with Crippen molar-refractivity contribution in [3.8, 4) is 0 Å². The third kappa shape index (κ3) is 2.18. The monoisotopic (exact) mass is 247 g/mol. The molecule has 1 aromatic rings. The Morgan fingerprint density at radius 3 is 2.78 bits per heavy atom. The third-order valence-corrected chi connectivity index (χ3v) is 4.44. The van der Waals surface area contributed by atoms with Crippen molar-refractivity contribution in [3.63, 3.8) is 0 Å². The Morgan fingerprint density at radius 2 is 2.06 bits per heavy atom. The molecule has 0 saturated carbocycles. The second kappa shape index (κ2) is 5.00. The van der Waals surface area contributed by atoms with Gasteiger partial charge in [0, 0.05) is 31.2 Å². The quantitative estimate of drug-likeness (QED) is 0.846. The first kappa shape index (κ1) is 12.2. The highest BCUT2D eigenvalue weighted by atomic mass is 16.5. The van der Waals surface area contributed by atoms with Crippen molar-refractivity contribution in [1.29, 1.82) is 0 Å². The Balaban J connectivity index is 1.59. The van der Waals surface area contributed by atoms with Crippen LogP contribution >= 0.6 is 0 Å². The number of nitrogens with one attached hydrogen (secondary N) is 1. The molecule has 0 radical (unpaired) electrons. The number of ether oxygens (including phenoxy) is 1. The van der Waals surface area contributed by atoms with Gasteiger partial charge in [0.2, 0.25) is 0 Å². The van der Waals surface area contributed by atoms with E-state index in [2.05, 4.69) is 29.6 Å². The molecule has 2 N–H and O–H groups in total. The number of benzene rings is 1. The van der Waals surface area contributed by atoms with Crippen LogP contribution in [0, 0.1) is 0 Å². The molecular weight excluding hydrogens is 226 g/mol. The van der Waals surface area contributed by atoms with E-state index in [1.165, 1.54) is 17.5 Å². The summed E-state index contributed by atoms with van der Waals surface area (Å²) in [5.41, 5.74) is 2.85. The van der Waals surface area contributed by atoms with Gasteiger partial charge in [0.05, 0.1) is 6.61 Å². The van der Waals surface area contributed by atoms with Gasteiger partial charge in [0.25, 0.3) is 0 Å². The fraction of sp³-hybridized carbons (Fsp3) is 0.600. The molecular formula is C15H21NO2. The first-order valence-electron chi connectivity index (χ1n) is 6.84. The van der Waals surface area contributed by atoms with Crippen LogP contribution in [0.15, 0.2) is 24.3 Å². The number of aliphatic hydroxyl groups excluding tert-OH is 1. The first-order chi connectivity index (χ1) is 8.83. The number of fused-ring (bicyclic) bond motifs is 1. The van der Waals surface area contributed by atoms with Crippen molar-refractivity contribution in [2.24, 2.45) is 0 Å². The lowest BCUT2D eigenvalue weighted by Crippen LogP contribution is -2.54. The van der Waals surface area contributed by atoms with E-state index in [-0.39, 0.29) is 12.1 Å². The molecule has 1 aliphatic heterocycles. The van der Waals surface area contributed by atoms with Gasteiger partial charge in [0.1, 0.15) is 0 Å². The second-order valence-corrected chi connectivity index (χ2v) is 5.53. The smallest absolute Gasteiger partial charge is 0.0615 e. The minimum atomic E-state index is -0.108. The Labute approximate surface area is 108 Å². The normalized spacial score (nSPS) is 25.3. The van der Waals surface area contributed by atoms with E-state index in [9.17, 15) is 5.11 Å². The number of aliphatic hydroxyl groups is 1. The highest BCUT2D eigenvalue weighted by molar-refractivity contribution is 5.40. The maximum Gasteiger partial charge on any atom is 0.0615 e. The van der Waals surface area contributed by atoms with E-state index in [0.717, 1.165) is 32.6 Å². The van der Waals surface area contributed by atoms with Gasteiger partial charge in [0.15, 0.2) is 0 Å². The minimum absolute atomic E-state index is 0.108. The zero-order chi connectivity index (χ0) is 12.4. The van der Waals surface area contributed by atoms with Gasteiger partial charge in [-0.05, 0) is 30.4 Å². The molecule has 1 aliphatic carbocycles. The van der Waals surface area contributed by atoms with Crippen LogP contribution in [0.1, 0.15) is 29.9 Å². The van der Waals surface area contributed by atoms with E-state index < -0.39 is 0 Å². The summed E-state index contributed by atoms with van der Waals surface area (Å²) in [5.74, 6) is 0.618. The standard InChI is InChI=1S/C15H21NO2/c17-11-15(5-7-18-8-6-15)16-10-13-9-12-3-1-2-4-14(12)13/h1-4,13,16-17H,5-11H2. The largest absolute Gasteiger partial charge is 0.394 e. The summed E-state index contributed by atoms with van der Waals surface area (Å²) in [7, 11) is 0. The molecule has 0 spiro atoms. The molecule has 18 heavy (non-hydrogen) atoms. The van der Waals surface area contributed by atoms with Gasteiger partial charge in [-0.25, -0.2) is 0 Å². The maximum absolute atomic E-state index is 9.62. The predicted octanol–water partition coefficient (Wildman–Crippen LogP) is 1.46. The summed E-state index contributed by atoms with van der Waals surface area (Å²) < 4.78 is 5.38. The summed E-state index contributed by atoms with van der Waals surface area (Å²) in [4.78, 5) is 0. The van der Waals surface area contributed by atoms with E-state index in [1.54, 1.807) is 0 Å². The van der Waals surface area contributed by atoms with Crippen LogP contribution in [0.5, 0.6) is 0 Å². The van der Waals surface area contributed by atoms with Crippen molar-refractivity contribution < 1.29 is 9.84 Å². The summed E-state index contributed by atoms with van der Waals surface area (Å²) in [6.45, 7) is 2.70. The highest BCUT2D eigenvalue weighted by Gasteiger charge is 2.34. The molecule has 1 fully saturated rings. The number of rotatable bonds is 4. The van der Waals surface area contributed by atoms with Crippen LogP contribution in [-0.2, 0) is 11.2 Å². The fourth-order valence-electron chi connectivity index (χ4n) is 3.04. The molecule has 3 heteroatoms. The predicted molar refractivity (Wildman–Crippen MR) is 70.8 cm³/mol. The summed E-state index contributed by atoms with van der Waals surface area (Å²) >= 11 is 0. The van der Waals surface area contributed by atoms with Gasteiger partial charge in [-0.1, -0.05) is 24.3 Å². The molecule has 1 aromatic carbocycles. The zero-order valence-corrected chi connectivity index (χ0v) is 10.7. The van der Waals surface area contributed by atoms with Crippen molar-refractivity contribution >= 4 is 0 Å². The van der Waals surface area contributed by atoms with E-state index in [4.69, 9.17) is 4.74 Å². The van der Waals surface area contributed by atoms with Crippen molar-refractivity contribution in [1.82, 2.24) is 5.32 Å². The zero-order valence-electron chi connectivity index (χ0n) is 10.7. The molecule has 3 rings (SSSR count). The van der Waals surface area contributed by atoms with Gasteiger partial charge in [-0.3, -0.25) is 0 Å². The average molecular weight is 247 g/mol. The van der Waals surface area contributed by atoms with Crippen LogP contribution in [0.2, 0.25) is 0 Å². The molecule has 0 amide bonds. The van der Waals surface area contributed by atoms with Gasteiger partial charge >= 0.3 is 0 Å². The number of hydrogen-bond acceptors (Lipinski definition) is 3. The van der Waals surface area contributed by atoms with Gasteiger partial charge < -0.3 is 15.2 Å².